The second-order valence-corrected chi connectivity index (χ2v) is 5.00. The third-order valence-corrected chi connectivity index (χ3v) is 3.50. The molecule has 0 aliphatic carbocycles. The van der Waals surface area contributed by atoms with E-state index in [0.29, 0.717) is 18.9 Å². The molecule has 1 fully saturated rings. The summed E-state index contributed by atoms with van der Waals surface area (Å²) in [5.74, 6) is -1.27. The number of aryl methyl sites for hydroxylation is 1. The summed E-state index contributed by atoms with van der Waals surface area (Å²) >= 11 is 0. The van der Waals surface area contributed by atoms with Crippen LogP contribution in [0.3, 0.4) is 0 Å². The number of carboxylic acid groups (broad SMARTS) is 1. The van der Waals surface area contributed by atoms with E-state index in [0.717, 1.165) is 29.9 Å². The van der Waals surface area contributed by atoms with Crippen molar-refractivity contribution in [3.05, 3.63) is 35.6 Å². The van der Waals surface area contributed by atoms with Crippen LogP contribution in [0, 0.1) is 6.92 Å². The summed E-state index contributed by atoms with van der Waals surface area (Å²) in [5.41, 5.74) is 3.58. The molecule has 1 aliphatic heterocycles. The zero-order valence-electron chi connectivity index (χ0n) is 11.7. The summed E-state index contributed by atoms with van der Waals surface area (Å²) in [6, 6.07) is 7.46. The fraction of sp³-hybridized carbons (Fsp3) is 0.333. The molecule has 6 heteroatoms. The van der Waals surface area contributed by atoms with Crippen LogP contribution in [-0.2, 0) is 4.74 Å². The highest BCUT2D eigenvalue weighted by molar-refractivity contribution is 5.87. The average molecular weight is 288 g/mol. The molecule has 0 spiro atoms. The molecule has 3 rings (SSSR count). The molecule has 0 bridgehead atoms. The summed E-state index contributed by atoms with van der Waals surface area (Å²) in [4.78, 5) is 13.1. The van der Waals surface area contributed by atoms with Crippen LogP contribution in [0.15, 0.2) is 28.8 Å². The highest BCUT2D eigenvalue weighted by Crippen LogP contribution is 2.32. The van der Waals surface area contributed by atoms with E-state index < -0.39 is 5.97 Å². The monoisotopic (exact) mass is 288 g/mol. The van der Waals surface area contributed by atoms with E-state index >= 15 is 0 Å². The fourth-order valence-electron chi connectivity index (χ4n) is 2.43. The number of aromatic nitrogens is 1. The Kier molecular flexibility index (Phi) is 3.62. The largest absolute Gasteiger partial charge is 0.475 e. The van der Waals surface area contributed by atoms with Crippen molar-refractivity contribution in [2.24, 2.45) is 0 Å². The molecule has 1 aliphatic rings. The summed E-state index contributed by atoms with van der Waals surface area (Å²) in [6.45, 7) is 5.01. The maximum Gasteiger partial charge on any atom is 0.374 e. The number of aromatic carboxylic acids is 1. The van der Waals surface area contributed by atoms with Crippen LogP contribution in [0.5, 0.6) is 0 Å². The molecule has 0 saturated carbocycles. The van der Waals surface area contributed by atoms with Crippen LogP contribution in [0.4, 0.5) is 5.69 Å². The maximum absolute atomic E-state index is 10.9. The molecule has 1 aromatic carbocycles. The highest BCUT2D eigenvalue weighted by Gasteiger charge is 2.19. The second-order valence-electron chi connectivity index (χ2n) is 5.00. The second kappa shape index (κ2) is 5.57. The van der Waals surface area contributed by atoms with Gasteiger partial charge in [-0.25, -0.2) is 4.79 Å². The molecule has 2 heterocycles. The van der Waals surface area contributed by atoms with Crippen LogP contribution < -0.4 is 4.90 Å². The summed E-state index contributed by atoms with van der Waals surface area (Å²) in [5, 5.41) is 12.8. The standard InChI is InChI=1S/C15H16N2O4/c1-10-2-3-11(12-9-14(15(18)19)21-16-12)13(8-10)17-4-6-20-7-5-17/h2-3,8-9H,4-7H2,1H3,(H,18,19). The lowest BCUT2D eigenvalue weighted by Gasteiger charge is -2.30. The first kappa shape index (κ1) is 13.6. The molecule has 1 aromatic heterocycles. The molecule has 0 atom stereocenters. The Morgan fingerprint density at radius 1 is 1.29 bits per heavy atom. The molecule has 0 radical (unpaired) electrons. The number of hydrogen-bond donors (Lipinski definition) is 1. The van der Waals surface area contributed by atoms with Gasteiger partial charge in [0, 0.05) is 30.4 Å². The van der Waals surface area contributed by atoms with Gasteiger partial charge in [0.05, 0.1) is 13.2 Å². The zero-order chi connectivity index (χ0) is 14.8. The minimum Gasteiger partial charge on any atom is -0.475 e. The number of anilines is 1. The molecular formula is C15H16N2O4. The molecule has 21 heavy (non-hydrogen) atoms. The van der Waals surface area contributed by atoms with E-state index in [-0.39, 0.29) is 5.76 Å². The van der Waals surface area contributed by atoms with Crippen LogP contribution in [0.1, 0.15) is 16.1 Å². The van der Waals surface area contributed by atoms with Crippen molar-refractivity contribution in [2.45, 2.75) is 6.92 Å². The lowest BCUT2D eigenvalue weighted by atomic mass is 10.0. The first-order chi connectivity index (χ1) is 10.1. The number of nitrogens with zero attached hydrogens (tertiary/aromatic N) is 2. The van der Waals surface area contributed by atoms with E-state index in [1.54, 1.807) is 0 Å². The van der Waals surface area contributed by atoms with Gasteiger partial charge < -0.3 is 19.3 Å². The van der Waals surface area contributed by atoms with Crippen molar-refractivity contribution in [2.75, 3.05) is 31.2 Å². The van der Waals surface area contributed by atoms with E-state index in [4.69, 9.17) is 14.4 Å². The Bertz CT molecular complexity index is 659. The zero-order valence-corrected chi connectivity index (χ0v) is 11.7. The van der Waals surface area contributed by atoms with E-state index in [9.17, 15) is 4.79 Å². The number of morpholine rings is 1. The molecule has 1 saturated heterocycles. The number of rotatable bonds is 3. The average Bonchev–Trinajstić information content (AvgIpc) is 2.98. The number of hydrogen-bond acceptors (Lipinski definition) is 5. The van der Waals surface area contributed by atoms with Gasteiger partial charge in [0.2, 0.25) is 5.76 Å². The molecule has 1 N–H and O–H groups in total. The molecule has 6 nitrogen and oxygen atoms in total. The van der Waals surface area contributed by atoms with Crippen LogP contribution in [-0.4, -0.2) is 42.5 Å². The normalized spacial score (nSPS) is 15.2. The molecule has 0 amide bonds. The quantitative estimate of drug-likeness (QED) is 0.933. The third-order valence-electron chi connectivity index (χ3n) is 3.50. The Balaban J connectivity index is 2.02. The summed E-state index contributed by atoms with van der Waals surface area (Å²) in [6.07, 6.45) is 0. The van der Waals surface area contributed by atoms with Gasteiger partial charge in [0.15, 0.2) is 0 Å². The van der Waals surface area contributed by atoms with Gasteiger partial charge in [-0.05, 0) is 18.6 Å². The molecule has 0 unspecified atom stereocenters. The van der Waals surface area contributed by atoms with Crippen molar-refractivity contribution in [3.63, 3.8) is 0 Å². The SMILES string of the molecule is Cc1ccc(-c2cc(C(=O)O)on2)c(N2CCOCC2)c1. The van der Waals surface area contributed by atoms with Gasteiger partial charge in [-0.1, -0.05) is 17.3 Å². The smallest absolute Gasteiger partial charge is 0.374 e. The minimum atomic E-state index is -1.12. The van der Waals surface area contributed by atoms with Gasteiger partial charge in [-0.15, -0.1) is 0 Å². The van der Waals surface area contributed by atoms with Gasteiger partial charge >= 0.3 is 5.97 Å². The van der Waals surface area contributed by atoms with Crippen molar-refractivity contribution >= 4 is 11.7 Å². The topological polar surface area (TPSA) is 75.8 Å². The van der Waals surface area contributed by atoms with Crippen LogP contribution in [0.25, 0.3) is 11.3 Å². The summed E-state index contributed by atoms with van der Waals surface area (Å²) in [7, 11) is 0. The summed E-state index contributed by atoms with van der Waals surface area (Å²) < 4.78 is 10.2. The number of carboxylic acids is 1. The first-order valence-corrected chi connectivity index (χ1v) is 6.79. The van der Waals surface area contributed by atoms with E-state index in [1.807, 2.05) is 19.1 Å². The number of benzene rings is 1. The predicted octanol–water partition coefficient (Wildman–Crippen LogP) is 2.18. The number of carbonyl (C=O) groups is 1. The Morgan fingerprint density at radius 3 is 2.71 bits per heavy atom. The molecular weight excluding hydrogens is 272 g/mol. The number of ether oxygens (including phenoxy) is 1. The molecule has 2 aromatic rings. The van der Waals surface area contributed by atoms with E-state index in [1.165, 1.54) is 6.07 Å². The predicted molar refractivity (Wildman–Crippen MR) is 76.7 cm³/mol. The van der Waals surface area contributed by atoms with Crippen molar-refractivity contribution < 1.29 is 19.2 Å². The van der Waals surface area contributed by atoms with Crippen molar-refractivity contribution in [1.82, 2.24) is 5.16 Å². The fourth-order valence-corrected chi connectivity index (χ4v) is 2.43. The van der Waals surface area contributed by atoms with Gasteiger partial charge in [0.25, 0.3) is 0 Å². The Labute approximate surface area is 121 Å². The highest BCUT2D eigenvalue weighted by atomic mass is 16.5. The Morgan fingerprint density at radius 2 is 2.05 bits per heavy atom. The maximum atomic E-state index is 10.9. The molecule has 110 valence electrons. The van der Waals surface area contributed by atoms with Crippen LogP contribution >= 0.6 is 0 Å². The van der Waals surface area contributed by atoms with Crippen LogP contribution in [0.2, 0.25) is 0 Å². The van der Waals surface area contributed by atoms with Gasteiger partial charge in [0.1, 0.15) is 5.69 Å². The van der Waals surface area contributed by atoms with Gasteiger partial charge in [-0.2, -0.15) is 0 Å². The van der Waals surface area contributed by atoms with Gasteiger partial charge in [-0.3, -0.25) is 0 Å². The Hall–Kier alpha value is -2.34. The van der Waals surface area contributed by atoms with Crippen molar-refractivity contribution in [1.29, 1.82) is 0 Å². The van der Waals surface area contributed by atoms with E-state index in [2.05, 4.69) is 16.1 Å². The first-order valence-electron chi connectivity index (χ1n) is 6.79. The minimum absolute atomic E-state index is 0.154. The third kappa shape index (κ3) is 2.75. The lowest BCUT2D eigenvalue weighted by molar-refractivity contribution is 0.0652. The lowest BCUT2D eigenvalue weighted by Crippen LogP contribution is -2.36. The van der Waals surface area contributed by atoms with Crippen molar-refractivity contribution in [3.8, 4) is 11.3 Å².